The van der Waals surface area contributed by atoms with Gasteiger partial charge in [0.15, 0.2) is 0 Å². The van der Waals surface area contributed by atoms with Crippen LogP contribution in [-0.4, -0.2) is 22.9 Å². The third kappa shape index (κ3) is 4.30. The number of halogens is 1. The van der Waals surface area contributed by atoms with Gasteiger partial charge in [-0.2, -0.15) is 0 Å². The van der Waals surface area contributed by atoms with E-state index < -0.39 is 10.8 Å². The molecule has 0 fully saturated rings. The molecule has 0 spiro atoms. The quantitative estimate of drug-likeness (QED) is 0.761. The molecule has 146 valence electrons. The zero-order valence-corrected chi connectivity index (χ0v) is 17.2. The summed E-state index contributed by atoms with van der Waals surface area (Å²) in [5.74, 6) is -0.364. The van der Waals surface area contributed by atoms with Gasteiger partial charge in [-0.15, -0.1) is 0 Å². The Balaban J connectivity index is 2.01. The average Bonchev–Trinajstić information content (AvgIpc) is 2.92. The normalized spacial score (nSPS) is 15.6. The molecule has 2 aromatic rings. The number of carbonyl (C=O) groups is 1. The fourth-order valence-electron chi connectivity index (χ4n) is 3.39. The van der Waals surface area contributed by atoms with Crippen LogP contribution in [-0.2, 0) is 15.6 Å². The third-order valence-electron chi connectivity index (χ3n) is 4.89. The van der Waals surface area contributed by atoms with Crippen LogP contribution < -0.4 is 5.32 Å². The van der Waals surface area contributed by atoms with Crippen LogP contribution in [0.15, 0.2) is 52.9 Å². The highest BCUT2D eigenvalue weighted by atomic mass is 32.2. The van der Waals surface area contributed by atoms with E-state index in [-0.39, 0.29) is 18.1 Å². The second-order valence-electron chi connectivity index (χ2n) is 6.90. The lowest BCUT2D eigenvalue weighted by atomic mass is 10.0. The molecule has 1 aliphatic rings. The summed E-state index contributed by atoms with van der Waals surface area (Å²) in [5, 5.41) is 2.89. The molecule has 0 heterocycles. The number of hydrogen-bond acceptors (Lipinski definition) is 2. The highest BCUT2D eigenvalue weighted by Crippen LogP contribution is 2.43. The maximum absolute atomic E-state index is 13.9. The second kappa shape index (κ2) is 8.65. The topological polar surface area (TPSA) is 46.2 Å². The van der Waals surface area contributed by atoms with Crippen molar-refractivity contribution in [3.63, 3.8) is 0 Å². The first-order chi connectivity index (χ1) is 13.4. The van der Waals surface area contributed by atoms with Gasteiger partial charge in [-0.25, -0.2) is 4.39 Å². The minimum absolute atomic E-state index is 0.0533. The van der Waals surface area contributed by atoms with E-state index in [4.69, 9.17) is 0 Å². The number of hydrogen-bond donors (Lipinski definition) is 1. The van der Waals surface area contributed by atoms with Gasteiger partial charge in [0.1, 0.15) is 5.82 Å². The molecule has 0 saturated carbocycles. The van der Waals surface area contributed by atoms with Crippen LogP contribution in [0.2, 0.25) is 0 Å². The summed E-state index contributed by atoms with van der Waals surface area (Å²) in [7, 11) is -1.02. The SMILES string of the molecule is CCCNC(=O)CC1=C(C)C(=Cc2ccc(S(C)=O)cc2)c2ccc(F)cc21. The lowest BCUT2D eigenvalue weighted by Crippen LogP contribution is -2.23. The molecule has 1 atom stereocenters. The molecule has 0 aromatic heterocycles. The number of benzene rings is 2. The number of allylic oxidation sites excluding steroid dienone is 2. The Morgan fingerprint density at radius 2 is 1.86 bits per heavy atom. The fraction of sp³-hybridized carbons (Fsp3) is 0.261. The Labute approximate surface area is 167 Å². The molecular formula is C23H24FNO2S. The van der Waals surface area contributed by atoms with E-state index in [2.05, 4.69) is 5.32 Å². The minimum atomic E-state index is -1.02. The van der Waals surface area contributed by atoms with Crippen molar-refractivity contribution in [1.29, 1.82) is 0 Å². The summed E-state index contributed by atoms with van der Waals surface area (Å²) >= 11 is 0. The Morgan fingerprint density at radius 1 is 1.14 bits per heavy atom. The summed E-state index contributed by atoms with van der Waals surface area (Å²) in [5.41, 5.74) is 5.51. The van der Waals surface area contributed by atoms with Gasteiger partial charge >= 0.3 is 0 Å². The van der Waals surface area contributed by atoms with Gasteiger partial charge in [-0.3, -0.25) is 9.00 Å². The van der Waals surface area contributed by atoms with E-state index in [9.17, 15) is 13.4 Å². The molecule has 28 heavy (non-hydrogen) atoms. The zero-order chi connectivity index (χ0) is 20.3. The Hall–Kier alpha value is -2.53. The molecular weight excluding hydrogens is 373 g/mol. The summed E-state index contributed by atoms with van der Waals surface area (Å²) in [4.78, 5) is 13.1. The Morgan fingerprint density at radius 3 is 2.50 bits per heavy atom. The maximum atomic E-state index is 13.9. The van der Waals surface area contributed by atoms with Gasteiger partial charge in [0, 0.05) is 28.5 Å². The molecule has 0 bridgehead atoms. The highest BCUT2D eigenvalue weighted by molar-refractivity contribution is 7.84. The van der Waals surface area contributed by atoms with Crippen molar-refractivity contribution in [2.75, 3.05) is 12.8 Å². The molecule has 5 heteroatoms. The first kappa shape index (κ1) is 20.2. The third-order valence-corrected chi connectivity index (χ3v) is 5.82. The van der Waals surface area contributed by atoms with Crippen molar-refractivity contribution in [3.8, 4) is 0 Å². The first-order valence-corrected chi connectivity index (χ1v) is 10.9. The number of carbonyl (C=O) groups excluding carboxylic acids is 1. The van der Waals surface area contributed by atoms with Crippen LogP contribution in [0.1, 0.15) is 43.4 Å². The molecule has 3 nitrogen and oxygen atoms in total. The van der Waals surface area contributed by atoms with Crippen molar-refractivity contribution in [1.82, 2.24) is 5.32 Å². The van der Waals surface area contributed by atoms with E-state index in [1.807, 2.05) is 44.2 Å². The summed E-state index contributed by atoms with van der Waals surface area (Å²) in [6.07, 6.45) is 4.79. The predicted molar refractivity (Wildman–Crippen MR) is 114 cm³/mol. The van der Waals surface area contributed by atoms with Gasteiger partial charge in [0.2, 0.25) is 5.91 Å². The molecule has 0 aliphatic heterocycles. The monoisotopic (exact) mass is 397 g/mol. The van der Waals surface area contributed by atoms with Crippen LogP contribution in [0.4, 0.5) is 4.39 Å². The number of amides is 1. The van der Waals surface area contributed by atoms with Crippen molar-refractivity contribution in [2.45, 2.75) is 31.6 Å². The average molecular weight is 398 g/mol. The maximum Gasteiger partial charge on any atom is 0.224 e. The highest BCUT2D eigenvalue weighted by Gasteiger charge is 2.25. The minimum Gasteiger partial charge on any atom is -0.356 e. The number of nitrogens with one attached hydrogen (secondary N) is 1. The summed E-state index contributed by atoms with van der Waals surface area (Å²) in [6.45, 7) is 4.61. The van der Waals surface area contributed by atoms with Gasteiger partial charge in [0.05, 0.1) is 6.42 Å². The second-order valence-corrected chi connectivity index (χ2v) is 8.28. The number of rotatable bonds is 6. The van der Waals surface area contributed by atoms with Crippen molar-refractivity contribution in [3.05, 3.63) is 70.5 Å². The van der Waals surface area contributed by atoms with Gasteiger partial charge in [0.25, 0.3) is 0 Å². The van der Waals surface area contributed by atoms with Crippen LogP contribution in [0.25, 0.3) is 17.2 Å². The van der Waals surface area contributed by atoms with Gasteiger partial charge in [-0.1, -0.05) is 25.1 Å². The summed E-state index contributed by atoms with van der Waals surface area (Å²) in [6, 6.07) is 12.3. The lowest BCUT2D eigenvalue weighted by Gasteiger charge is -2.07. The molecule has 2 aromatic carbocycles. The molecule has 3 rings (SSSR count). The van der Waals surface area contributed by atoms with Crippen molar-refractivity contribution < 1.29 is 13.4 Å². The Kier molecular flexibility index (Phi) is 6.25. The van der Waals surface area contributed by atoms with E-state index in [1.54, 1.807) is 12.3 Å². The lowest BCUT2D eigenvalue weighted by molar-refractivity contribution is -0.120. The van der Waals surface area contributed by atoms with Crippen LogP contribution in [0, 0.1) is 5.82 Å². The van der Waals surface area contributed by atoms with E-state index in [1.165, 1.54) is 12.1 Å². The molecule has 1 amide bonds. The zero-order valence-electron chi connectivity index (χ0n) is 16.3. The molecule has 0 saturated heterocycles. The van der Waals surface area contributed by atoms with Gasteiger partial charge in [-0.05, 0) is 77.1 Å². The Bertz CT molecular complexity index is 990. The fourth-order valence-corrected chi connectivity index (χ4v) is 3.91. The van der Waals surface area contributed by atoms with Gasteiger partial charge < -0.3 is 5.32 Å². The van der Waals surface area contributed by atoms with Crippen LogP contribution in [0.3, 0.4) is 0 Å². The smallest absolute Gasteiger partial charge is 0.224 e. The van der Waals surface area contributed by atoms with Crippen molar-refractivity contribution in [2.24, 2.45) is 0 Å². The van der Waals surface area contributed by atoms with E-state index >= 15 is 0 Å². The van der Waals surface area contributed by atoms with Crippen LogP contribution in [0.5, 0.6) is 0 Å². The van der Waals surface area contributed by atoms with E-state index in [0.717, 1.165) is 44.7 Å². The van der Waals surface area contributed by atoms with Crippen LogP contribution >= 0.6 is 0 Å². The molecule has 1 aliphatic carbocycles. The predicted octanol–water partition coefficient (Wildman–Crippen LogP) is 4.81. The molecule has 0 radical (unpaired) electrons. The molecule has 1 unspecified atom stereocenters. The number of fused-ring (bicyclic) bond motifs is 1. The summed E-state index contributed by atoms with van der Waals surface area (Å²) < 4.78 is 25.5. The molecule has 1 N–H and O–H groups in total. The first-order valence-electron chi connectivity index (χ1n) is 9.33. The largest absolute Gasteiger partial charge is 0.356 e. The standard InChI is InChI=1S/C23H24FNO2S/c1-4-11-25-23(26)14-21-15(2)20(19-10-7-17(24)13-22(19)21)12-16-5-8-18(9-6-16)28(3)27/h5-10,12-13H,4,11,14H2,1-3H3,(H,25,26). The van der Waals surface area contributed by atoms with Crippen molar-refractivity contribution >= 4 is 33.9 Å². The van der Waals surface area contributed by atoms with E-state index in [0.29, 0.717) is 6.54 Å².